The highest BCUT2D eigenvalue weighted by molar-refractivity contribution is 7.99. The van der Waals surface area contributed by atoms with Crippen LogP contribution in [0.25, 0.3) is 0 Å². The summed E-state index contributed by atoms with van der Waals surface area (Å²) in [7, 11) is 0. The van der Waals surface area contributed by atoms with Crippen molar-refractivity contribution in [2.24, 2.45) is 0 Å². The first-order valence-electron chi connectivity index (χ1n) is 23.1. The number of nitrogens with one attached hydrogen (secondary N) is 2. The van der Waals surface area contributed by atoms with E-state index in [-0.39, 0.29) is 19.2 Å². The number of carboxylic acid groups (broad SMARTS) is 1. The Morgan fingerprint density at radius 1 is 0.556 bits per heavy atom. The molecule has 0 aromatic heterocycles. The highest BCUT2D eigenvalue weighted by Crippen LogP contribution is 2.44. The number of halogens is 8. The third kappa shape index (κ3) is 15.0. The third-order valence-electron chi connectivity index (χ3n) is 11.7. The molecule has 0 atom stereocenters. The minimum atomic E-state index is -4.36. The molecule has 0 radical (unpaired) electrons. The molecule has 18 heteroatoms. The molecule has 3 N–H and O–H groups in total. The summed E-state index contributed by atoms with van der Waals surface area (Å²) in [6.07, 6.45) is -0.889. The highest BCUT2D eigenvalue weighted by atomic mass is 35.5. The number of carboxylic acids is 1. The van der Waals surface area contributed by atoms with E-state index in [1.807, 2.05) is 60.7 Å². The van der Waals surface area contributed by atoms with E-state index in [2.05, 4.69) is 10.6 Å². The van der Waals surface area contributed by atoms with Gasteiger partial charge in [-0.05, 0) is 189 Å². The lowest BCUT2D eigenvalue weighted by Gasteiger charge is -2.22. The van der Waals surface area contributed by atoms with E-state index >= 15 is 0 Å². The number of fused-ring (bicyclic) bond motifs is 2. The topological polar surface area (TPSA) is 106 Å². The molecule has 8 rings (SSSR count). The van der Waals surface area contributed by atoms with Crippen molar-refractivity contribution in [2.75, 3.05) is 30.5 Å². The average Bonchev–Trinajstić information content (AvgIpc) is 3.36. The van der Waals surface area contributed by atoms with Gasteiger partial charge in [0.15, 0.2) is 13.2 Å². The number of anilines is 2. The van der Waals surface area contributed by atoms with Crippen LogP contribution < -0.4 is 20.1 Å². The summed E-state index contributed by atoms with van der Waals surface area (Å²) >= 11 is 16.3. The molecular weight excluding hydrogens is 1020 g/mol. The van der Waals surface area contributed by atoms with Gasteiger partial charge in [0.05, 0.1) is 27.8 Å². The Labute approximate surface area is 432 Å². The number of esters is 1. The molecule has 0 aliphatic heterocycles. The summed E-state index contributed by atoms with van der Waals surface area (Å²) in [5, 5.41) is 16.4. The third-order valence-corrected chi connectivity index (χ3v) is 15.0. The van der Waals surface area contributed by atoms with Crippen molar-refractivity contribution in [3.8, 4) is 11.5 Å². The highest BCUT2D eigenvalue weighted by Gasteiger charge is 2.31. The van der Waals surface area contributed by atoms with E-state index < -0.39 is 29.4 Å². The maximum Gasteiger partial charge on any atom is 0.416 e. The Bertz CT molecular complexity index is 2850. The molecular formula is C54H50Cl2F6N2O6S2. The van der Waals surface area contributed by atoms with Gasteiger partial charge in [-0.1, -0.05) is 58.9 Å². The minimum absolute atomic E-state index is 0.111. The molecule has 2 aliphatic carbocycles. The van der Waals surface area contributed by atoms with Gasteiger partial charge < -0.3 is 30.0 Å². The maximum absolute atomic E-state index is 12.8. The number of benzene rings is 6. The van der Waals surface area contributed by atoms with Gasteiger partial charge in [0.2, 0.25) is 0 Å². The molecule has 0 saturated carbocycles. The lowest BCUT2D eigenvalue weighted by Crippen LogP contribution is -2.16. The first kappa shape index (κ1) is 54.1. The van der Waals surface area contributed by atoms with Crippen LogP contribution in [0.15, 0.2) is 129 Å². The molecule has 72 heavy (non-hydrogen) atoms. The predicted octanol–water partition coefficient (Wildman–Crippen LogP) is 15.4. The number of hydrogen-bond acceptors (Lipinski definition) is 9. The van der Waals surface area contributed by atoms with Gasteiger partial charge >= 0.3 is 24.3 Å². The second-order valence-electron chi connectivity index (χ2n) is 16.8. The predicted molar refractivity (Wildman–Crippen MR) is 270 cm³/mol. The average molecular weight is 1070 g/mol. The molecule has 0 unspecified atom stereocenters. The lowest BCUT2D eigenvalue weighted by molar-refractivity contribution is -0.145. The fourth-order valence-corrected chi connectivity index (χ4v) is 10.9. The van der Waals surface area contributed by atoms with E-state index in [0.29, 0.717) is 46.9 Å². The van der Waals surface area contributed by atoms with Crippen LogP contribution in [0.4, 0.5) is 37.7 Å². The van der Waals surface area contributed by atoms with Gasteiger partial charge in [-0.25, -0.2) is 9.59 Å². The van der Waals surface area contributed by atoms with Crippen LogP contribution in [-0.4, -0.2) is 36.9 Å². The lowest BCUT2D eigenvalue weighted by atomic mass is 9.91. The van der Waals surface area contributed by atoms with Crippen LogP contribution in [0.1, 0.15) is 77.1 Å². The van der Waals surface area contributed by atoms with E-state index in [4.69, 9.17) is 42.5 Å². The zero-order valence-corrected chi connectivity index (χ0v) is 42.1. The van der Waals surface area contributed by atoms with Crippen LogP contribution in [-0.2, 0) is 65.5 Å². The van der Waals surface area contributed by atoms with Gasteiger partial charge in [-0.3, -0.25) is 0 Å². The van der Waals surface area contributed by atoms with Gasteiger partial charge in [-0.2, -0.15) is 26.3 Å². The smallest absolute Gasteiger partial charge is 0.416 e. The molecule has 380 valence electrons. The van der Waals surface area contributed by atoms with Crippen LogP contribution in [0, 0.1) is 0 Å². The van der Waals surface area contributed by atoms with Gasteiger partial charge in [-0.15, -0.1) is 0 Å². The number of alkyl halides is 6. The van der Waals surface area contributed by atoms with Crippen LogP contribution >= 0.6 is 46.7 Å². The molecule has 0 spiro atoms. The Balaban J connectivity index is 0.000000212. The maximum atomic E-state index is 12.8. The summed E-state index contributed by atoms with van der Waals surface area (Å²) in [4.78, 5) is 26.6. The molecule has 6 aromatic carbocycles. The number of aliphatic carboxylic acids is 1. The summed E-state index contributed by atoms with van der Waals surface area (Å²) in [6.45, 7) is 2.45. The number of carbonyl (C=O) groups excluding carboxylic acids is 1. The van der Waals surface area contributed by atoms with Gasteiger partial charge in [0.25, 0.3) is 0 Å². The van der Waals surface area contributed by atoms with Crippen LogP contribution in [0.5, 0.6) is 11.5 Å². The van der Waals surface area contributed by atoms with Gasteiger partial charge in [0.1, 0.15) is 11.5 Å². The fraction of sp³-hybridized carbons (Fsp3) is 0.296. The number of ether oxygens (including phenoxy) is 3. The van der Waals surface area contributed by atoms with Crippen molar-refractivity contribution < 1.29 is 55.2 Å². The summed E-state index contributed by atoms with van der Waals surface area (Å²) in [5.74, 6) is -0.0389. The normalized spacial score (nSPS) is 13.2. The van der Waals surface area contributed by atoms with E-state index in [0.717, 1.165) is 123 Å². The van der Waals surface area contributed by atoms with Crippen molar-refractivity contribution in [2.45, 2.75) is 103 Å². The largest absolute Gasteiger partial charge is 0.482 e. The van der Waals surface area contributed by atoms with E-state index in [1.54, 1.807) is 30.4 Å². The Kier molecular flexibility index (Phi) is 18.7. The fourth-order valence-electron chi connectivity index (χ4n) is 8.22. The molecule has 0 heterocycles. The zero-order chi connectivity index (χ0) is 51.4. The number of carbonyl (C=O) groups is 2. The minimum Gasteiger partial charge on any atom is -0.482 e. The SMILES string of the molecule is CCOC(=O)COc1ccc(Sc2ccc(CNc3ccc(C(F)(F)F)cc3)cc2Cl)c2c1CCCC2.O=C(O)COc1ccc(Sc2ccc(CNc3ccc(C(F)(F)F)cc3)cc2Cl)c2c1CCCC2. The zero-order valence-electron chi connectivity index (χ0n) is 38.9. The van der Waals surface area contributed by atoms with Crippen molar-refractivity contribution >= 4 is 70.0 Å². The second-order valence-corrected chi connectivity index (χ2v) is 19.8. The molecule has 6 aromatic rings. The Morgan fingerprint density at radius 3 is 1.32 bits per heavy atom. The van der Waals surface area contributed by atoms with Gasteiger partial charge in [0, 0.05) is 44.0 Å². The summed E-state index contributed by atoms with van der Waals surface area (Å²) in [5.41, 5.74) is 6.24. The van der Waals surface area contributed by atoms with E-state index in [9.17, 15) is 35.9 Å². The molecule has 0 fully saturated rings. The van der Waals surface area contributed by atoms with E-state index in [1.165, 1.54) is 35.4 Å². The molecule has 0 saturated heterocycles. The molecule has 8 nitrogen and oxygen atoms in total. The molecule has 2 aliphatic rings. The Hall–Kier alpha value is -5.68. The summed E-state index contributed by atoms with van der Waals surface area (Å²) in [6, 6.07) is 29.0. The summed E-state index contributed by atoms with van der Waals surface area (Å²) < 4.78 is 92.7. The first-order chi connectivity index (χ1) is 34.4. The Morgan fingerprint density at radius 2 is 0.944 bits per heavy atom. The van der Waals surface area contributed by atoms with Crippen molar-refractivity contribution in [1.29, 1.82) is 0 Å². The number of rotatable bonds is 17. The van der Waals surface area contributed by atoms with Crippen molar-refractivity contribution in [3.05, 3.63) is 164 Å². The first-order valence-corrected chi connectivity index (χ1v) is 25.5. The molecule has 0 amide bonds. The second kappa shape index (κ2) is 24.8. The standard InChI is InChI=1S/C28H27ClF3NO3S.C26H23ClF3NO3S/c1-2-35-27(34)17-36-24-12-14-25(22-6-4-3-5-21(22)24)37-26-13-7-18(15-23(26)29)16-33-20-10-8-19(9-11-20)28(30,31)32;27-21-13-16(14-31-18-8-6-17(7-9-18)26(28,29)30)5-11-24(21)35-23-12-10-22(34-15-25(32)33)19-3-1-2-4-20(19)23/h7-15,33H,2-6,16-17H2,1H3;5-13,31H,1-4,14-15H2,(H,32,33). The molecule has 0 bridgehead atoms. The van der Waals surface area contributed by atoms with Crippen molar-refractivity contribution in [1.82, 2.24) is 0 Å². The quantitative estimate of drug-likeness (QED) is 0.0604. The number of hydrogen-bond donors (Lipinski definition) is 3. The monoisotopic (exact) mass is 1070 g/mol. The van der Waals surface area contributed by atoms with Crippen molar-refractivity contribution in [3.63, 3.8) is 0 Å². The van der Waals surface area contributed by atoms with Crippen LogP contribution in [0.2, 0.25) is 10.0 Å². The van der Waals surface area contributed by atoms with Crippen LogP contribution in [0.3, 0.4) is 0 Å².